The van der Waals surface area contributed by atoms with Gasteiger partial charge in [-0.3, -0.25) is 9.78 Å². The molecule has 0 saturated heterocycles. The van der Waals surface area contributed by atoms with E-state index in [2.05, 4.69) is 15.4 Å². The number of nitrogens with zero attached hydrogens (tertiary/aromatic N) is 3. The van der Waals surface area contributed by atoms with Gasteiger partial charge in [-0.15, -0.1) is 11.8 Å². The highest BCUT2D eigenvalue weighted by Crippen LogP contribution is 2.20. The van der Waals surface area contributed by atoms with E-state index in [0.717, 1.165) is 10.5 Å². The Morgan fingerprint density at radius 3 is 2.58 bits per heavy atom. The van der Waals surface area contributed by atoms with Gasteiger partial charge in [0, 0.05) is 28.4 Å². The molecule has 0 unspecified atom stereocenters. The molecule has 1 aromatic carbocycles. The number of carbonyl (C=O) groups excluding carboxylic acids is 1. The van der Waals surface area contributed by atoms with Gasteiger partial charge in [0.15, 0.2) is 0 Å². The van der Waals surface area contributed by atoms with E-state index in [1.54, 1.807) is 29.3 Å². The highest BCUT2D eigenvalue weighted by Gasteiger charge is 2.08. The Balaban J connectivity index is 1.57. The van der Waals surface area contributed by atoms with Crippen molar-refractivity contribution >= 4 is 35.1 Å². The van der Waals surface area contributed by atoms with Gasteiger partial charge in [-0.2, -0.15) is 5.10 Å². The summed E-state index contributed by atoms with van der Waals surface area (Å²) >= 11 is 7.31. The largest absolute Gasteiger partial charge is 0.310 e. The summed E-state index contributed by atoms with van der Waals surface area (Å²) in [6.07, 6.45) is 5.14. The molecule has 2 aromatic heterocycles. The number of hydrogen-bond donors (Lipinski definition) is 1. The Bertz CT molecular complexity index is 805. The quantitative estimate of drug-likeness (QED) is 0.682. The zero-order valence-corrected chi connectivity index (χ0v) is 14.3. The van der Waals surface area contributed by atoms with Crippen LogP contribution in [0.5, 0.6) is 0 Å². The second-order valence-electron chi connectivity index (χ2n) is 5.02. The SMILES string of the molecule is O=C(CSc1ccc(Cl)cc1)Nc1ccnn1Cc1ccncc1. The van der Waals surface area contributed by atoms with Crippen molar-refractivity contribution in [3.8, 4) is 0 Å². The van der Waals surface area contributed by atoms with Gasteiger partial charge in [0.2, 0.25) is 5.91 Å². The molecule has 2 heterocycles. The Kier molecular flexibility index (Phi) is 5.51. The van der Waals surface area contributed by atoms with Crippen LogP contribution in [0.3, 0.4) is 0 Å². The lowest BCUT2D eigenvalue weighted by Gasteiger charge is -2.09. The molecule has 1 N–H and O–H groups in total. The standard InChI is InChI=1S/C17H15ClN4OS/c18-14-1-3-15(4-2-14)24-12-17(23)21-16-7-10-20-22(16)11-13-5-8-19-9-6-13/h1-10H,11-12H2,(H,21,23). The number of pyridine rings is 1. The zero-order chi connectivity index (χ0) is 16.8. The van der Waals surface area contributed by atoms with E-state index in [4.69, 9.17) is 11.6 Å². The molecular formula is C17H15ClN4OS. The summed E-state index contributed by atoms with van der Waals surface area (Å²) < 4.78 is 1.75. The van der Waals surface area contributed by atoms with Crippen LogP contribution in [0.25, 0.3) is 0 Å². The molecule has 5 nitrogen and oxygen atoms in total. The maximum absolute atomic E-state index is 12.1. The number of anilines is 1. The molecule has 0 aliphatic heterocycles. The molecule has 0 bridgehead atoms. The predicted molar refractivity (Wildman–Crippen MR) is 96.4 cm³/mol. The van der Waals surface area contributed by atoms with Gasteiger partial charge in [0.1, 0.15) is 5.82 Å². The van der Waals surface area contributed by atoms with Crippen molar-refractivity contribution in [2.24, 2.45) is 0 Å². The van der Waals surface area contributed by atoms with Crippen molar-refractivity contribution in [1.82, 2.24) is 14.8 Å². The molecule has 7 heteroatoms. The zero-order valence-electron chi connectivity index (χ0n) is 12.7. The van der Waals surface area contributed by atoms with Crippen molar-refractivity contribution in [3.05, 3.63) is 71.6 Å². The summed E-state index contributed by atoms with van der Waals surface area (Å²) in [7, 11) is 0. The molecule has 3 rings (SSSR count). The van der Waals surface area contributed by atoms with Crippen molar-refractivity contribution in [2.45, 2.75) is 11.4 Å². The summed E-state index contributed by atoms with van der Waals surface area (Å²) in [5.74, 6) is 0.919. The van der Waals surface area contributed by atoms with E-state index in [9.17, 15) is 4.79 Å². The van der Waals surface area contributed by atoms with E-state index in [1.165, 1.54) is 11.8 Å². The van der Waals surface area contributed by atoms with Gasteiger partial charge in [-0.25, -0.2) is 4.68 Å². The van der Waals surface area contributed by atoms with Crippen molar-refractivity contribution in [3.63, 3.8) is 0 Å². The molecule has 0 spiro atoms. The topological polar surface area (TPSA) is 59.8 Å². The molecule has 0 saturated carbocycles. The van der Waals surface area contributed by atoms with Crippen LogP contribution >= 0.6 is 23.4 Å². The predicted octanol–water partition coefficient (Wildman–Crippen LogP) is 3.71. The molecule has 0 atom stereocenters. The highest BCUT2D eigenvalue weighted by molar-refractivity contribution is 8.00. The van der Waals surface area contributed by atoms with E-state index < -0.39 is 0 Å². The van der Waals surface area contributed by atoms with Gasteiger partial charge < -0.3 is 5.32 Å². The number of carbonyl (C=O) groups is 1. The number of thioether (sulfide) groups is 1. The summed E-state index contributed by atoms with van der Waals surface area (Å²) in [6.45, 7) is 0.579. The normalized spacial score (nSPS) is 10.5. The molecule has 0 aliphatic rings. The van der Waals surface area contributed by atoms with Crippen LogP contribution < -0.4 is 5.32 Å². The average molecular weight is 359 g/mol. The van der Waals surface area contributed by atoms with Crippen LogP contribution in [-0.2, 0) is 11.3 Å². The van der Waals surface area contributed by atoms with Crippen molar-refractivity contribution in [2.75, 3.05) is 11.1 Å². The summed E-state index contributed by atoms with van der Waals surface area (Å²) in [5.41, 5.74) is 1.07. The maximum Gasteiger partial charge on any atom is 0.235 e. The first kappa shape index (κ1) is 16.5. The minimum absolute atomic E-state index is 0.0774. The second kappa shape index (κ2) is 7.99. The molecule has 24 heavy (non-hydrogen) atoms. The Hall–Kier alpha value is -2.31. The number of aromatic nitrogens is 3. The fourth-order valence-corrected chi connectivity index (χ4v) is 2.91. The van der Waals surface area contributed by atoms with E-state index in [1.807, 2.05) is 36.4 Å². The third-order valence-corrected chi connectivity index (χ3v) is 4.51. The van der Waals surface area contributed by atoms with Crippen LogP contribution in [-0.4, -0.2) is 26.4 Å². The van der Waals surface area contributed by atoms with Crippen LogP contribution in [0.2, 0.25) is 5.02 Å². The molecule has 0 aliphatic carbocycles. The maximum atomic E-state index is 12.1. The van der Waals surface area contributed by atoms with Crippen molar-refractivity contribution in [1.29, 1.82) is 0 Å². The fraction of sp³-hybridized carbons (Fsp3) is 0.118. The lowest BCUT2D eigenvalue weighted by Crippen LogP contribution is -2.17. The monoisotopic (exact) mass is 358 g/mol. The Labute approximate surface area is 149 Å². The number of nitrogens with one attached hydrogen (secondary N) is 1. The van der Waals surface area contributed by atoms with Gasteiger partial charge in [-0.1, -0.05) is 11.6 Å². The van der Waals surface area contributed by atoms with E-state index in [0.29, 0.717) is 23.1 Å². The number of halogens is 1. The smallest absolute Gasteiger partial charge is 0.235 e. The van der Waals surface area contributed by atoms with E-state index >= 15 is 0 Å². The van der Waals surface area contributed by atoms with Gasteiger partial charge >= 0.3 is 0 Å². The molecule has 0 radical (unpaired) electrons. The summed E-state index contributed by atoms with van der Waals surface area (Å²) in [6, 6.07) is 13.0. The van der Waals surface area contributed by atoms with Gasteiger partial charge in [0.05, 0.1) is 18.5 Å². The second-order valence-corrected chi connectivity index (χ2v) is 6.51. The average Bonchev–Trinajstić information content (AvgIpc) is 3.02. The third kappa shape index (κ3) is 4.59. The first-order chi connectivity index (χ1) is 11.7. The summed E-state index contributed by atoms with van der Waals surface area (Å²) in [5, 5.41) is 7.83. The van der Waals surface area contributed by atoms with Crippen LogP contribution in [0.4, 0.5) is 5.82 Å². The lowest BCUT2D eigenvalue weighted by molar-refractivity contribution is -0.113. The first-order valence-electron chi connectivity index (χ1n) is 7.29. The number of amides is 1. The molecular weight excluding hydrogens is 344 g/mol. The number of rotatable bonds is 6. The number of hydrogen-bond acceptors (Lipinski definition) is 4. The van der Waals surface area contributed by atoms with Crippen molar-refractivity contribution < 1.29 is 4.79 Å². The van der Waals surface area contributed by atoms with Crippen LogP contribution in [0.1, 0.15) is 5.56 Å². The van der Waals surface area contributed by atoms with E-state index in [-0.39, 0.29) is 5.91 Å². The molecule has 1 amide bonds. The van der Waals surface area contributed by atoms with Crippen LogP contribution in [0.15, 0.2) is 66.0 Å². The fourth-order valence-electron chi connectivity index (χ4n) is 2.08. The van der Waals surface area contributed by atoms with Crippen LogP contribution in [0, 0.1) is 0 Å². The molecule has 3 aromatic rings. The molecule has 122 valence electrons. The third-order valence-electron chi connectivity index (χ3n) is 3.25. The Morgan fingerprint density at radius 1 is 1.08 bits per heavy atom. The van der Waals surface area contributed by atoms with Gasteiger partial charge in [0.25, 0.3) is 0 Å². The Morgan fingerprint density at radius 2 is 1.83 bits per heavy atom. The lowest BCUT2D eigenvalue weighted by atomic mass is 10.3. The minimum atomic E-state index is -0.0774. The van der Waals surface area contributed by atoms with Gasteiger partial charge in [-0.05, 0) is 42.0 Å². The number of benzene rings is 1. The first-order valence-corrected chi connectivity index (χ1v) is 8.66. The summed E-state index contributed by atoms with van der Waals surface area (Å²) in [4.78, 5) is 17.1. The molecule has 0 fully saturated rings. The highest BCUT2D eigenvalue weighted by atomic mass is 35.5. The minimum Gasteiger partial charge on any atom is -0.310 e.